The molecule has 0 atom stereocenters. The molecule has 1 saturated carbocycles. The van der Waals surface area contributed by atoms with Crippen LogP contribution in [0.5, 0.6) is 0 Å². The van der Waals surface area contributed by atoms with Gasteiger partial charge in [-0.3, -0.25) is 4.79 Å². The average molecular weight is 312 g/mol. The Morgan fingerprint density at radius 2 is 2.27 bits per heavy atom. The van der Waals surface area contributed by atoms with Crippen molar-refractivity contribution in [2.45, 2.75) is 32.4 Å². The first kappa shape index (κ1) is 13.5. The van der Waals surface area contributed by atoms with Crippen molar-refractivity contribution in [3.8, 4) is 0 Å². The number of rotatable bonds is 4. The zero-order valence-corrected chi connectivity index (χ0v) is 13.1. The number of hydrogen-bond acceptors (Lipinski definition) is 4. The third-order valence-electron chi connectivity index (χ3n) is 3.86. The van der Waals surface area contributed by atoms with Crippen LogP contribution in [0.25, 0.3) is 5.65 Å². The van der Waals surface area contributed by atoms with Crippen molar-refractivity contribution in [1.82, 2.24) is 19.3 Å². The van der Waals surface area contributed by atoms with E-state index in [0.717, 1.165) is 29.2 Å². The van der Waals surface area contributed by atoms with Gasteiger partial charge in [-0.15, -0.1) is 11.3 Å². The van der Waals surface area contributed by atoms with E-state index in [2.05, 4.69) is 9.97 Å². The lowest BCUT2D eigenvalue weighted by molar-refractivity contribution is 0.0729. The van der Waals surface area contributed by atoms with E-state index in [4.69, 9.17) is 0 Å². The smallest absolute Gasteiger partial charge is 0.255 e. The highest BCUT2D eigenvalue weighted by Gasteiger charge is 2.33. The van der Waals surface area contributed by atoms with E-state index in [9.17, 15) is 4.79 Å². The van der Waals surface area contributed by atoms with Crippen LogP contribution in [0.2, 0.25) is 0 Å². The molecule has 0 aromatic carbocycles. The highest BCUT2D eigenvalue weighted by atomic mass is 32.1. The van der Waals surface area contributed by atoms with Crippen LogP contribution in [0.1, 0.15) is 33.9 Å². The van der Waals surface area contributed by atoms with Crippen LogP contribution in [0.15, 0.2) is 36.1 Å². The molecule has 0 N–H and O–H groups in total. The summed E-state index contributed by atoms with van der Waals surface area (Å²) in [5.74, 6) is 0.0750. The first-order valence-corrected chi connectivity index (χ1v) is 8.23. The number of amides is 1. The molecule has 0 spiro atoms. The summed E-state index contributed by atoms with van der Waals surface area (Å²) in [6.07, 6.45) is 7.77. The Balaban J connectivity index is 1.64. The minimum absolute atomic E-state index is 0.0750. The topological polar surface area (TPSA) is 50.5 Å². The lowest BCUT2D eigenvalue weighted by atomic mass is 10.2. The molecule has 3 heterocycles. The highest BCUT2D eigenvalue weighted by molar-refractivity contribution is 7.09. The molecule has 1 aliphatic carbocycles. The quantitative estimate of drug-likeness (QED) is 0.744. The van der Waals surface area contributed by atoms with Crippen molar-refractivity contribution in [3.05, 3.63) is 52.4 Å². The third kappa shape index (κ3) is 2.50. The van der Waals surface area contributed by atoms with E-state index in [1.54, 1.807) is 17.5 Å². The first-order valence-electron chi connectivity index (χ1n) is 7.35. The Hall–Kier alpha value is -2.21. The van der Waals surface area contributed by atoms with Crippen molar-refractivity contribution in [3.63, 3.8) is 0 Å². The minimum atomic E-state index is 0.0750. The number of fused-ring (bicyclic) bond motifs is 1. The van der Waals surface area contributed by atoms with Gasteiger partial charge in [0.25, 0.3) is 5.91 Å². The molecule has 1 amide bonds. The Kier molecular flexibility index (Phi) is 3.18. The zero-order chi connectivity index (χ0) is 15.1. The Labute approximate surface area is 132 Å². The number of carbonyl (C=O) groups is 1. The van der Waals surface area contributed by atoms with Gasteiger partial charge in [0, 0.05) is 30.0 Å². The lowest BCUT2D eigenvalue weighted by Gasteiger charge is -2.21. The van der Waals surface area contributed by atoms with Gasteiger partial charge in [-0.1, -0.05) is 0 Å². The minimum Gasteiger partial charge on any atom is -0.329 e. The molecule has 1 aliphatic rings. The Morgan fingerprint density at radius 1 is 1.41 bits per heavy atom. The molecule has 6 heteroatoms. The van der Waals surface area contributed by atoms with Crippen molar-refractivity contribution < 1.29 is 4.79 Å². The molecule has 0 radical (unpaired) electrons. The predicted octanol–water partition coefficient (Wildman–Crippen LogP) is 2.90. The molecule has 0 unspecified atom stereocenters. The van der Waals surface area contributed by atoms with E-state index >= 15 is 0 Å². The standard InChI is InChI=1S/C16H16N4OS/c1-11-8-19-9-12(2-5-14(19)18-11)16(21)20(13-3-4-13)10-15-17-6-7-22-15/h2,5-9,13H,3-4,10H2,1H3. The number of thiazole rings is 1. The monoisotopic (exact) mass is 312 g/mol. The second-order valence-electron chi connectivity index (χ2n) is 5.66. The Morgan fingerprint density at radius 3 is 3.00 bits per heavy atom. The summed E-state index contributed by atoms with van der Waals surface area (Å²) in [4.78, 5) is 23.5. The average Bonchev–Trinajstić information content (AvgIpc) is 3.08. The first-order chi connectivity index (χ1) is 10.7. The molecule has 3 aromatic heterocycles. The van der Waals surface area contributed by atoms with Gasteiger partial charge in [0.2, 0.25) is 0 Å². The summed E-state index contributed by atoms with van der Waals surface area (Å²) in [7, 11) is 0. The summed E-state index contributed by atoms with van der Waals surface area (Å²) < 4.78 is 1.91. The van der Waals surface area contributed by atoms with E-state index < -0.39 is 0 Å². The second kappa shape index (κ2) is 5.21. The van der Waals surface area contributed by atoms with Gasteiger partial charge in [0.05, 0.1) is 17.8 Å². The van der Waals surface area contributed by atoms with Crippen molar-refractivity contribution in [1.29, 1.82) is 0 Å². The fourth-order valence-corrected chi connectivity index (χ4v) is 3.25. The predicted molar refractivity (Wildman–Crippen MR) is 84.9 cm³/mol. The van der Waals surface area contributed by atoms with Crippen LogP contribution in [-0.2, 0) is 6.54 Å². The number of hydrogen-bond donors (Lipinski definition) is 0. The van der Waals surface area contributed by atoms with Crippen LogP contribution >= 0.6 is 11.3 Å². The van der Waals surface area contributed by atoms with Crippen LogP contribution in [0.3, 0.4) is 0 Å². The summed E-state index contributed by atoms with van der Waals surface area (Å²) in [5, 5.41) is 2.94. The fourth-order valence-electron chi connectivity index (χ4n) is 2.64. The molecule has 0 saturated heterocycles. The molecular formula is C16H16N4OS. The van der Waals surface area contributed by atoms with Crippen molar-refractivity contribution >= 4 is 22.9 Å². The highest BCUT2D eigenvalue weighted by Crippen LogP contribution is 2.30. The SMILES string of the molecule is Cc1cn2cc(C(=O)N(Cc3nccs3)C3CC3)ccc2n1. The molecule has 22 heavy (non-hydrogen) atoms. The molecule has 4 rings (SSSR count). The summed E-state index contributed by atoms with van der Waals surface area (Å²) in [6, 6.07) is 4.12. The van der Waals surface area contributed by atoms with Gasteiger partial charge in [0.15, 0.2) is 0 Å². The van der Waals surface area contributed by atoms with Gasteiger partial charge in [-0.05, 0) is 31.9 Å². The van der Waals surface area contributed by atoms with Gasteiger partial charge in [0.1, 0.15) is 10.7 Å². The third-order valence-corrected chi connectivity index (χ3v) is 4.62. The summed E-state index contributed by atoms with van der Waals surface area (Å²) in [5.41, 5.74) is 2.52. The number of aromatic nitrogens is 3. The van der Waals surface area contributed by atoms with Gasteiger partial charge >= 0.3 is 0 Å². The van der Waals surface area contributed by atoms with Crippen LogP contribution < -0.4 is 0 Å². The number of imidazole rings is 1. The van der Waals surface area contributed by atoms with E-state index in [-0.39, 0.29) is 5.91 Å². The van der Waals surface area contributed by atoms with Gasteiger partial charge in [-0.2, -0.15) is 0 Å². The van der Waals surface area contributed by atoms with Gasteiger partial charge in [-0.25, -0.2) is 9.97 Å². The van der Waals surface area contributed by atoms with Crippen LogP contribution in [-0.4, -0.2) is 31.2 Å². The molecule has 3 aromatic rings. The zero-order valence-electron chi connectivity index (χ0n) is 12.3. The van der Waals surface area contributed by atoms with Crippen LogP contribution in [0.4, 0.5) is 0 Å². The largest absolute Gasteiger partial charge is 0.329 e. The Bertz CT molecular complexity index is 820. The summed E-state index contributed by atoms with van der Waals surface area (Å²) in [6.45, 7) is 2.55. The van der Waals surface area contributed by atoms with E-state index in [1.807, 2.05) is 46.1 Å². The molecular weight excluding hydrogens is 296 g/mol. The van der Waals surface area contributed by atoms with E-state index in [0.29, 0.717) is 18.2 Å². The molecule has 1 fully saturated rings. The number of nitrogens with zero attached hydrogens (tertiary/aromatic N) is 4. The maximum atomic E-state index is 12.9. The molecule has 0 aliphatic heterocycles. The van der Waals surface area contributed by atoms with E-state index in [1.165, 1.54) is 0 Å². The van der Waals surface area contributed by atoms with Crippen LogP contribution in [0, 0.1) is 6.92 Å². The second-order valence-corrected chi connectivity index (χ2v) is 6.63. The van der Waals surface area contributed by atoms with Crippen molar-refractivity contribution in [2.24, 2.45) is 0 Å². The van der Waals surface area contributed by atoms with Crippen molar-refractivity contribution in [2.75, 3.05) is 0 Å². The molecule has 5 nitrogen and oxygen atoms in total. The fraction of sp³-hybridized carbons (Fsp3) is 0.312. The maximum Gasteiger partial charge on any atom is 0.255 e. The number of pyridine rings is 1. The summed E-state index contributed by atoms with van der Waals surface area (Å²) >= 11 is 1.59. The number of aryl methyl sites for hydroxylation is 1. The maximum absolute atomic E-state index is 12.9. The number of carbonyl (C=O) groups excluding carboxylic acids is 1. The lowest BCUT2D eigenvalue weighted by Crippen LogP contribution is -2.32. The molecule has 112 valence electrons. The normalized spacial score (nSPS) is 14.4. The van der Waals surface area contributed by atoms with Gasteiger partial charge < -0.3 is 9.30 Å². The molecule has 0 bridgehead atoms.